The van der Waals surface area contributed by atoms with Crippen molar-refractivity contribution in [3.8, 4) is 0 Å². The molecule has 0 bridgehead atoms. The Morgan fingerprint density at radius 2 is 1.95 bits per heavy atom. The highest BCUT2D eigenvalue weighted by Crippen LogP contribution is 2.29. The minimum Gasteiger partial charge on any atom is -0.378 e. The van der Waals surface area contributed by atoms with Gasteiger partial charge in [-0.3, -0.25) is 4.79 Å². The van der Waals surface area contributed by atoms with Gasteiger partial charge in [0.2, 0.25) is 5.91 Å². The Hall–Kier alpha value is -1.56. The number of carbonyl (C=O) groups excluding carboxylic acids is 1. The molecule has 0 aliphatic carbocycles. The first-order valence-electron chi connectivity index (χ1n) is 6.54. The summed E-state index contributed by atoms with van der Waals surface area (Å²) in [6, 6.07) is 4.41. The fourth-order valence-corrected chi connectivity index (χ4v) is 2.13. The monoisotopic (exact) mass is 287 g/mol. The van der Waals surface area contributed by atoms with Crippen LogP contribution in [0.15, 0.2) is 24.3 Å². The molecule has 1 aliphatic rings. The zero-order valence-electron chi connectivity index (χ0n) is 10.9. The van der Waals surface area contributed by atoms with Crippen LogP contribution >= 0.6 is 0 Å². The highest BCUT2D eigenvalue weighted by atomic mass is 19.4. The number of nitrogens with one attached hydrogen (secondary N) is 1. The molecule has 6 heteroatoms. The Morgan fingerprint density at radius 1 is 1.25 bits per heavy atom. The zero-order chi connectivity index (χ0) is 14.6. The van der Waals surface area contributed by atoms with E-state index in [-0.39, 0.29) is 18.4 Å². The van der Waals surface area contributed by atoms with Crippen molar-refractivity contribution in [3.05, 3.63) is 29.8 Å². The molecule has 1 aliphatic heterocycles. The molecule has 1 amide bonds. The largest absolute Gasteiger partial charge is 0.416 e. The molecule has 1 fully saturated rings. The van der Waals surface area contributed by atoms with Crippen molar-refractivity contribution in [2.75, 3.05) is 11.9 Å². The fraction of sp³-hybridized carbons (Fsp3) is 0.500. The topological polar surface area (TPSA) is 38.3 Å². The van der Waals surface area contributed by atoms with Crippen molar-refractivity contribution < 1.29 is 22.7 Å². The summed E-state index contributed by atoms with van der Waals surface area (Å²) in [5.74, 6) is -0.239. The second-order valence-electron chi connectivity index (χ2n) is 4.82. The highest BCUT2D eigenvalue weighted by Gasteiger charge is 2.30. The van der Waals surface area contributed by atoms with Gasteiger partial charge in [0.15, 0.2) is 0 Å². The van der Waals surface area contributed by atoms with Gasteiger partial charge >= 0.3 is 6.18 Å². The quantitative estimate of drug-likeness (QED) is 0.922. The number of amides is 1. The van der Waals surface area contributed by atoms with Gasteiger partial charge in [0.1, 0.15) is 0 Å². The van der Waals surface area contributed by atoms with E-state index in [2.05, 4.69) is 5.32 Å². The maximum absolute atomic E-state index is 12.4. The Balaban J connectivity index is 1.87. The van der Waals surface area contributed by atoms with Crippen LogP contribution in [0.4, 0.5) is 18.9 Å². The maximum Gasteiger partial charge on any atom is 0.416 e. The van der Waals surface area contributed by atoms with E-state index in [9.17, 15) is 18.0 Å². The van der Waals surface area contributed by atoms with Gasteiger partial charge in [-0.2, -0.15) is 13.2 Å². The number of anilines is 1. The van der Waals surface area contributed by atoms with Crippen LogP contribution in [0.3, 0.4) is 0 Å². The second-order valence-corrected chi connectivity index (χ2v) is 4.82. The molecular weight excluding hydrogens is 271 g/mol. The van der Waals surface area contributed by atoms with Crippen molar-refractivity contribution in [2.45, 2.75) is 38.0 Å². The number of ether oxygens (including phenoxy) is 1. The lowest BCUT2D eigenvalue weighted by atomic mass is 10.1. The smallest absolute Gasteiger partial charge is 0.378 e. The summed E-state index contributed by atoms with van der Waals surface area (Å²) < 4.78 is 42.6. The first kappa shape index (κ1) is 14.8. The van der Waals surface area contributed by atoms with Crippen LogP contribution < -0.4 is 5.32 Å². The predicted octanol–water partition coefficient (Wildman–Crippen LogP) is 3.60. The molecule has 1 atom stereocenters. The number of rotatable bonds is 3. The number of hydrogen-bond acceptors (Lipinski definition) is 2. The molecule has 1 saturated heterocycles. The lowest BCUT2D eigenvalue weighted by molar-refractivity contribution is -0.137. The summed E-state index contributed by atoms with van der Waals surface area (Å²) in [4.78, 5) is 11.7. The normalized spacial score (nSPS) is 19.6. The molecule has 1 heterocycles. The summed E-state index contributed by atoms with van der Waals surface area (Å²) in [6.07, 6.45) is -1.31. The number of benzene rings is 1. The second kappa shape index (κ2) is 6.26. The lowest BCUT2D eigenvalue weighted by Gasteiger charge is -2.21. The van der Waals surface area contributed by atoms with Crippen LogP contribution in [0, 0.1) is 0 Å². The molecule has 1 N–H and O–H groups in total. The van der Waals surface area contributed by atoms with E-state index in [0.29, 0.717) is 12.3 Å². The zero-order valence-corrected chi connectivity index (χ0v) is 10.9. The van der Waals surface area contributed by atoms with E-state index in [1.54, 1.807) is 0 Å². The molecule has 1 aromatic carbocycles. The van der Waals surface area contributed by atoms with E-state index >= 15 is 0 Å². The van der Waals surface area contributed by atoms with Gasteiger partial charge < -0.3 is 10.1 Å². The lowest BCUT2D eigenvalue weighted by Crippen LogP contribution is -2.25. The van der Waals surface area contributed by atoms with Crippen LogP contribution in [0.2, 0.25) is 0 Å². The van der Waals surface area contributed by atoms with Crippen LogP contribution in [0.25, 0.3) is 0 Å². The Bertz CT molecular complexity index is 450. The minimum absolute atomic E-state index is 0.0850. The van der Waals surface area contributed by atoms with Crippen LogP contribution in [-0.2, 0) is 15.7 Å². The van der Waals surface area contributed by atoms with E-state index in [1.165, 1.54) is 12.1 Å². The van der Waals surface area contributed by atoms with Crippen molar-refractivity contribution >= 4 is 11.6 Å². The summed E-state index contributed by atoms with van der Waals surface area (Å²) in [6.45, 7) is 0.665. The van der Waals surface area contributed by atoms with Crippen molar-refractivity contribution in [2.24, 2.45) is 0 Å². The van der Waals surface area contributed by atoms with Gasteiger partial charge in [-0.15, -0.1) is 0 Å². The molecule has 2 rings (SSSR count). The number of hydrogen-bond donors (Lipinski definition) is 1. The van der Waals surface area contributed by atoms with Gasteiger partial charge in [0, 0.05) is 12.3 Å². The third-order valence-corrected chi connectivity index (χ3v) is 3.18. The summed E-state index contributed by atoms with van der Waals surface area (Å²) in [5.41, 5.74) is -0.370. The molecule has 0 spiro atoms. The van der Waals surface area contributed by atoms with Gasteiger partial charge in [-0.1, -0.05) is 0 Å². The Morgan fingerprint density at radius 3 is 2.50 bits per heavy atom. The van der Waals surface area contributed by atoms with E-state index < -0.39 is 11.7 Å². The average molecular weight is 287 g/mol. The summed E-state index contributed by atoms with van der Waals surface area (Å²) >= 11 is 0. The van der Waals surface area contributed by atoms with Crippen LogP contribution in [0.5, 0.6) is 0 Å². The van der Waals surface area contributed by atoms with Crippen LogP contribution in [-0.4, -0.2) is 18.6 Å². The van der Waals surface area contributed by atoms with Gasteiger partial charge in [-0.25, -0.2) is 0 Å². The predicted molar refractivity (Wildman–Crippen MR) is 68.3 cm³/mol. The number of alkyl halides is 3. The minimum atomic E-state index is -4.36. The van der Waals surface area contributed by atoms with Crippen molar-refractivity contribution in [3.63, 3.8) is 0 Å². The first-order chi connectivity index (χ1) is 9.45. The maximum atomic E-state index is 12.4. The van der Waals surface area contributed by atoms with Crippen molar-refractivity contribution in [1.29, 1.82) is 0 Å². The Labute approximate surface area is 115 Å². The third kappa shape index (κ3) is 4.23. The van der Waals surface area contributed by atoms with Crippen molar-refractivity contribution in [1.82, 2.24) is 0 Å². The standard InChI is InChI=1S/C14H16F3NO2/c15-14(16,17)10-4-6-11(7-5-10)18-13(19)9-12-3-1-2-8-20-12/h4-7,12H,1-3,8-9H2,(H,18,19). The fourth-order valence-electron chi connectivity index (χ4n) is 2.13. The SMILES string of the molecule is O=C(CC1CCCCO1)Nc1ccc(C(F)(F)F)cc1. The number of carbonyl (C=O) groups is 1. The molecule has 110 valence electrons. The van der Waals surface area contributed by atoms with Crippen LogP contribution in [0.1, 0.15) is 31.2 Å². The van der Waals surface area contributed by atoms with E-state index in [0.717, 1.165) is 31.4 Å². The third-order valence-electron chi connectivity index (χ3n) is 3.18. The molecule has 0 saturated carbocycles. The molecule has 0 radical (unpaired) electrons. The molecule has 20 heavy (non-hydrogen) atoms. The average Bonchev–Trinajstić information content (AvgIpc) is 2.39. The van der Waals surface area contributed by atoms with Gasteiger partial charge in [0.05, 0.1) is 18.1 Å². The summed E-state index contributed by atoms with van der Waals surface area (Å²) in [7, 11) is 0. The van der Waals surface area contributed by atoms with E-state index in [1.807, 2.05) is 0 Å². The Kier molecular flexibility index (Phi) is 4.65. The summed E-state index contributed by atoms with van der Waals surface area (Å²) in [5, 5.41) is 2.58. The van der Waals surface area contributed by atoms with Gasteiger partial charge in [0.25, 0.3) is 0 Å². The molecule has 3 nitrogen and oxygen atoms in total. The molecule has 1 aromatic rings. The molecule has 0 aromatic heterocycles. The van der Waals surface area contributed by atoms with Gasteiger partial charge in [-0.05, 0) is 43.5 Å². The number of halogens is 3. The molecular formula is C14H16F3NO2. The first-order valence-corrected chi connectivity index (χ1v) is 6.54. The van der Waals surface area contributed by atoms with E-state index in [4.69, 9.17) is 4.74 Å². The highest BCUT2D eigenvalue weighted by molar-refractivity contribution is 5.91. The molecule has 1 unspecified atom stereocenters.